The molecule has 0 bridgehead atoms. The number of nitrogens with zero attached hydrogens (tertiary/aromatic N) is 2. The number of aryl methyl sites for hydroxylation is 2. The van der Waals surface area contributed by atoms with E-state index in [1.807, 2.05) is 37.3 Å². The summed E-state index contributed by atoms with van der Waals surface area (Å²) in [7, 11) is 0. The van der Waals surface area contributed by atoms with Crippen molar-refractivity contribution in [3.05, 3.63) is 52.0 Å². The van der Waals surface area contributed by atoms with E-state index in [0.717, 1.165) is 43.1 Å². The largest absolute Gasteiger partial charge is 0.396 e. The fraction of sp³-hybridized carbons (Fsp3) is 0.474. The van der Waals surface area contributed by atoms with Crippen molar-refractivity contribution in [1.29, 1.82) is 0 Å². The van der Waals surface area contributed by atoms with Gasteiger partial charge in [0.15, 0.2) is 5.96 Å². The Kier molecular flexibility index (Phi) is 11.5. The molecule has 0 aliphatic rings. The van der Waals surface area contributed by atoms with E-state index < -0.39 is 0 Å². The van der Waals surface area contributed by atoms with Crippen molar-refractivity contribution in [3.63, 3.8) is 0 Å². The third-order valence-electron chi connectivity index (χ3n) is 3.83. The molecule has 2 rings (SSSR count). The number of hydrogen-bond donors (Lipinski definition) is 3. The number of rotatable bonds is 9. The monoisotopic (exact) mass is 488 g/mol. The smallest absolute Gasteiger partial charge is 0.191 e. The molecular weight excluding hydrogens is 459 g/mol. The zero-order valence-corrected chi connectivity index (χ0v) is 18.6. The highest BCUT2D eigenvalue weighted by Gasteiger charge is 2.10. The Balaban J connectivity index is 0.00000338. The summed E-state index contributed by atoms with van der Waals surface area (Å²) in [5.74, 6) is 0.821. The Morgan fingerprint density at radius 1 is 1.27 bits per heavy atom. The number of thiazole rings is 1. The average molecular weight is 488 g/mol. The Morgan fingerprint density at radius 2 is 2.04 bits per heavy atom. The lowest BCUT2D eigenvalue weighted by molar-refractivity contribution is 0.268. The lowest BCUT2D eigenvalue weighted by Crippen LogP contribution is -2.38. The maximum Gasteiger partial charge on any atom is 0.191 e. The summed E-state index contributed by atoms with van der Waals surface area (Å²) < 4.78 is 0. The van der Waals surface area contributed by atoms with Gasteiger partial charge in [0.2, 0.25) is 0 Å². The first-order valence-electron chi connectivity index (χ1n) is 8.82. The van der Waals surface area contributed by atoms with Crippen LogP contribution in [0.2, 0.25) is 0 Å². The van der Waals surface area contributed by atoms with Crippen molar-refractivity contribution in [3.8, 4) is 0 Å². The standard InChI is InChI=1S/C19H28N4OS.HI/c1-3-20-19(21-11-7-10-18-23-15(2)14-25-18)22-12-17(13-24)16-8-5-4-6-9-16;/h4-6,8-9,14,17,24H,3,7,10-13H2,1-2H3,(H2,20,21,22);1H. The van der Waals surface area contributed by atoms with Crippen LogP contribution < -0.4 is 10.6 Å². The molecule has 5 nitrogen and oxygen atoms in total. The van der Waals surface area contributed by atoms with Crippen molar-refractivity contribution in [2.45, 2.75) is 32.6 Å². The van der Waals surface area contributed by atoms with Gasteiger partial charge in [0.1, 0.15) is 0 Å². The molecule has 2 aromatic rings. The molecule has 0 aliphatic carbocycles. The normalized spacial score (nSPS) is 12.3. The highest BCUT2D eigenvalue weighted by molar-refractivity contribution is 14.0. The molecule has 26 heavy (non-hydrogen) atoms. The molecule has 0 spiro atoms. The van der Waals surface area contributed by atoms with Crippen LogP contribution >= 0.6 is 35.3 Å². The zero-order valence-electron chi connectivity index (χ0n) is 15.4. The summed E-state index contributed by atoms with van der Waals surface area (Å²) >= 11 is 1.72. The van der Waals surface area contributed by atoms with Gasteiger partial charge in [0.25, 0.3) is 0 Å². The Bertz CT molecular complexity index is 648. The minimum atomic E-state index is 0. The SMILES string of the molecule is CCNC(=NCC(CO)c1ccccc1)NCCCc1nc(C)cs1.I. The second kappa shape index (κ2) is 13.1. The lowest BCUT2D eigenvalue weighted by Gasteiger charge is -2.15. The van der Waals surface area contributed by atoms with Gasteiger partial charge in [-0.15, -0.1) is 35.3 Å². The van der Waals surface area contributed by atoms with Crippen LogP contribution in [0.15, 0.2) is 40.7 Å². The topological polar surface area (TPSA) is 69.5 Å². The summed E-state index contributed by atoms with van der Waals surface area (Å²) in [5.41, 5.74) is 2.21. The predicted molar refractivity (Wildman–Crippen MR) is 121 cm³/mol. The van der Waals surface area contributed by atoms with Gasteiger partial charge in [-0.05, 0) is 25.8 Å². The van der Waals surface area contributed by atoms with E-state index in [4.69, 9.17) is 0 Å². The third kappa shape index (κ3) is 8.01. The van der Waals surface area contributed by atoms with Gasteiger partial charge in [-0.2, -0.15) is 0 Å². The van der Waals surface area contributed by atoms with E-state index in [-0.39, 0.29) is 36.5 Å². The maximum atomic E-state index is 9.65. The number of halogens is 1. The molecule has 1 aromatic heterocycles. The Morgan fingerprint density at radius 3 is 2.65 bits per heavy atom. The first kappa shape index (κ1) is 22.9. The van der Waals surface area contributed by atoms with Gasteiger partial charge in [0.05, 0.1) is 18.2 Å². The molecule has 1 heterocycles. The Labute approximate surface area is 177 Å². The van der Waals surface area contributed by atoms with Crippen molar-refractivity contribution in [2.75, 3.05) is 26.2 Å². The molecule has 0 saturated heterocycles. The molecule has 0 amide bonds. The molecule has 0 radical (unpaired) electrons. The molecule has 1 unspecified atom stereocenters. The van der Waals surface area contributed by atoms with Gasteiger partial charge < -0.3 is 15.7 Å². The average Bonchev–Trinajstić information content (AvgIpc) is 3.05. The van der Waals surface area contributed by atoms with Gasteiger partial charge in [0, 0.05) is 36.5 Å². The molecule has 144 valence electrons. The zero-order chi connectivity index (χ0) is 17.9. The minimum Gasteiger partial charge on any atom is -0.396 e. The first-order chi connectivity index (χ1) is 12.2. The number of aliphatic hydroxyl groups is 1. The molecular formula is C19H29IN4OS. The number of guanidine groups is 1. The van der Waals surface area contributed by atoms with Gasteiger partial charge in [-0.1, -0.05) is 30.3 Å². The van der Waals surface area contributed by atoms with Crippen LogP contribution in [0.25, 0.3) is 0 Å². The van der Waals surface area contributed by atoms with E-state index >= 15 is 0 Å². The van der Waals surface area contributed by atoms with Crippen LogP contribution in [0.5, 0.6) is 0 Å². The first-order valence-corrected chi connectivity index (χ1v) is 9.70. The van der Waals surface area contributed by atoms with Crippen molar-refractivity contribution < 1.29 is 5.11 Å². The molecule has 0 saturated carbocycles. The van der Waals surface area contributed by atoms with Crippen LogP contribution in [0.3, 0.4) is 0 Å². The number of hydrogen-bond acceptors (Lipinski definition) is 4. The van der Waals surface area contributed by atoms with Crippen LogP contribution in [-0.2, 0) is 6.42 Å². The molecule has 0 fully saturated rings. The third-order valence-corrected chi connectivity index (χ3v) is 4.86. The van der Waals surface area contributed by atoms with Crippen LogP contribution in [-0.4, -0.2) is 42.3 Å². The quantitative estimate of drug-likeness (QED) is 0.219. The maximum absolute atomic E-state index is 9.65. The highest BCUT2D eigenvalue weighted by Crippen LogP contribution is 2.15. The fourth-order valence-electron chi connectivity index (χ4n) is 2.50. The second-order valence-corrected chi connectivity index (χ2v) is 6.87. The summed E-state index contributed by atoms with van der Waals surface area (Å²) in [4.78, 5) is 9.12. The number of aromatic nitrogens is 1. The summed E-state index contributed by atoms with van der Waals surface area (Å²) in [6.07, 6.45) is 1.99. The van der Waals surface area contributed by atoms with Crippen LogP contribution in [0, 0.1) is 6.92 Å². The molecule has 1 atom stereocenters. The molecule has 7 heteroatoms. The van der Waals surface area contributed by atoms with Gasteiger partial charge >= 0.3 is 0 Å². The molecule has 0 aliphatic heterocycles. The fourth-order valence-corrected chi connectivity index (χ4v) is 3.32. The van der Waals surface area contributed by atoms with Crippen molar-refractivity contribution in [1.82, 2.24) is 15.6 Å². The van der Waals surface area contributed by atoms with E-state index in [1.165, 1.54) is 5.01 Å². The van der Waals surface area contributed by atoms with E-state index in [0.29, 0.717) is 6.54 Å². The predicted octanol–water partition coefficient (Wildman–Crippen LogP) is 3.33. The van der Waals surface area contributed by atoms with Crippen LogP contribution in [0.4, 0.5) is 0 Å². The minimum absolute atomic E-state index is 0. The van der Waals surface area contributed by atoms with Crippen molar-refractivity contribution >= 4 is 41.3 Å². The number of aliphatic hydroxyl groups excluding tert-OH is 1. The van der Waals surface area contributed by atoms with Gasteiger partial charge in [-0.25, -0.2) is 4.98 Å². The van der Waals surface area contributed by atoms with Gasteiger partial charge in [-0.3, -0.25) is 4.99 Å². The number of aliphatic imine (C=N–C) groups is 1. The highest BCUT2D eigenvalue weighted by atomic mass is 127. The summed E-state index contributed by atoms with van der Waals surface area (Å²) in [6.45, 7) is 6.39. The van der Waals surface area contributed by atoms with E-state index in [2.05, 4.69) is 32.9 Å². The van der Waals surface area contributed by atoms with Crippen molar-refractivity contribution in [2.24, 2.45) is 4.99 Å². The second-order valence-electron chi connectivity index (χ2n) is 5.92. The Hall–Kier alpha value is -1.19. The summed E-state index contributed by atoms with van der Waals surface area (Å²) in [5, 5.41) is 19.5. The molecule has 1 aromatic carbocycles. The van der Waals surface area contributed by atoms with E-state index in [1.54, 1.807) is 11.3 Å². The van der Waals surface area contributed by atoms with Crippen LogP contribution in [0.1, 0.15) is 35.5 Å². The lowest BCUT2D eigenvalue weighted by atomic mass is 10.0. The number of nitrogens with one attached hydrogen (secondary N) is 2. The summed E-state index contributed by atoms with van der Waals surface area (Å²) in [6, 6.07) is 10.0. The number of benzene rings is 1. The molecule has 3 N–H and O–H groups in total. The van der Waals surface area contributed by atoms with E-state index in [9.17, 15) is 5.11 Å².